The van der Waals surface area contributed by atoms with Crippen molar-refractivity contribution in [1.29, 1.82) is 0 Å². The zero-order chi connectivity index (χ0) is 27.5. The number of para-hydroxylation sites is 2. The lowest BCUT2D eigenvalue weighted by molar-refractivity contribution is 0.473. The van der Waals surface area contributed by atoms with Gasteiger partial charge in [0, 0.05) is 60.2 Å². The minimum Gasteiger partial charge on any atom is -0.507 e. The summed E-state index contributed by atoms with van der Waals surface area (Å²) in [7, 11) is 0. The quantitative estimate of drug-likeness (QED) is 0.173. The van der Waals surface area contributed by atoms with Gasteiger partial charge in [-0.25, -0.2) is 0 Å². The number of hydrogen-bond donors (Lipinski definition) is 2. The van der Waals surface area contributed by atoms with E-state index in [0.29, 0.717) is 35.3 Å². The maximum atomic E-state index is 10.7. The first kappa shape index (κ1) is 27.2. The fourth-order valence-electron chi connectivity index (χ4n) is 3.96. The third-order valence-corrected chi connectivity index (χ3v) is 5.88. The van der Waals surface area contributed by atoms with E-state index in [2.05, 4.69) is 20.0 Å². The molecular formula is C33H32N4O2. The number of aliphatic imine (C=N–C) groups is 4. The van der Waals surface area contributed by atoms with Crippen LogP contribution in [0.15, 0.2) is 105 Å². The van der Waals surface area contributed by atoms with E-state index >= 15 is 0 Å². The zero-order valence-electron chi connectivity index (χ0n) is 22.2. The van der Waals surface area contributed by atoms with Crippen molar-refractivity contribution in [3.05, 3.63) is 118 Å². The SMILES string of the molecule is Cc1cc(C=NCCCN=Cc2cc(C)cc(C=Nc3ccccc3)c2O)c(O)c(C=Nc2ccccc2)c1. The Morgan fingerprint density at radius 3 is 1.28 bits per heavy atom. The summed E-state index contributed by atoms with van der Waals surface area (Å²) in [4.78, 5) is 17.8. The van der Waals surface area contributed by atoms with Crippen LogP contribution in [0.2, 0.25) is 0 Å². The number of phenolic OH excluding ortho intramolecular Hbond substituents is 2. The third-order valence-electron chi connectivity index (χ3n) is 5.88. The summed E-state index contributed by atoms with van der Waals surface area (Å²) in [6, 6.07) is 26.8. The van der Waals surface area contributed by atoms with Crippen molar-refractivity contribution in [3.8, 4) is 11.5 Å². The van der Waals surface area contributed by atoms with E-state index in [1.807, 2.05) is 98.8 Å². The van der Waals surface area contributed by atoms with Gasteiger partial charge in [-0.2, -0.15) is 0 Å². The Balaban J connectivity index is 1.33. The summed E-state index contributed by atoms with van der Waals surface area (Å²) in [6.07, 6.45) is 7.46. The molecule has 4 aromatic rings. The Bertz CT molecular complexity index is 1390. The second kappa shape index (κ2) is 13.6. The van der Waals surface area contributed by atoms with Crippen molar-refractivity contribution in [2.45, 2.75) is 20.3 Å². The zero-order valence-corrected chi connectivity index (χ0v) is 22.2. The summed E-state index contributed by atoms with van der Waals surface area (Å²) < 4.78 is 0. The van der Waals surface area contributed by atoms with Crippen LogP contribution in [0.25, 0.3) is 0 Å². The van der Waals surface area contributed by atoms with Gasteiger partial charge in [-0.15, -0.1) is 0 Å². The molecule has 0 radical (unpaired) electrons. The lowest BCUT2D eigenvalue weighted by atomic mass is 10.1. The predicted octanol–water partition coefficient (Wildman–Crippen LogP) is 7.14. The highest BCUT2D eigenvalue weighted by molar-refractivity contribution is 5.94. The van der Waals surface area contributed by atoms with E-state index in [1.165, 1.54) is 0 Å². The molecule has 196 valence electrons. The highest BCUT2D eigenvalue weighted by atomic mass is 16.3. The molecule has 2 N–H and O–H groups in total. The molecule has 0 fully saturated rings. The van der Waals surface area contributed by atoms with E-state index < -0.39 is 0 Å². The average Bonchev–Trinajstić information content (AvgIpc) is 2.95. The van der Waals surface area contributed by atoms with Crippen molar-refractivity contribution in [2.75, 3.05) is 13.1 Å². The van der Waals surface area contributed by atoms with Gasteiger partial charge in [0.25, 0.3) is 0 Å². The first-order valence-corrected chi connectivity index (χ1v) is 12.8. The van der Waals surface area contributed by atoms with Crippen molar-refractivity contribution in [2.24, 2.45) is 20.0 Å². The molecule has 0 saturated carbocycles. The summed E-state index contributed by atoms with van der Waals surface area (Å²) in [5.74, 6) is 0.312. The molecule has 0 aliphatic heterocycles. The van der Waals surface area contributed by atoms with Crippen molar-refractivity contribution in [1.82, 2.24) is 0 Å². The first-order valence-electron chi connectivity index (χ1n) is 12.8. The fraction of sp³-hybridized carbons (Fsp3) is 0.152. The molecule has 0 saturated heterocycles. The van der Waals surface area contributed by atoms with Crippen LogP contribution in [0.5, 0.6) is 11.5 Å². The molecule has 0 aliphatic carbocycles. The van der Waals surface area contributed by atoms with E-state index in [0.717, 1.165) is 28.9 Å². The normalized spacial score (nSPS) is 11.9. The summed E-state index contributed by atoms with van der Waals surface area (Å²) in [5, 5.41) is 21.4. The van der Waals surface area contributed by atoms with E-state index in [9.17, 15) is 10.2 Å². The Morgan fingerprint density at radius 1 is 0.538 bits per heavy atom. The smallest absolute Gasteiger partial charge is 0.133 e. The first-order chi connectivity index (χ1) is 19.0. The maximum absolute atomic E-state index is 10.7. The van der Waals surface area contributed by atoms with E-state index in [-0.39, 0.29) is 11.5 Å². The molecule has 6 nitrogen and oxygen atoms in total. The molecule has 0 heterocycles. The largest absolute Gasteiger partial charge is 0.507 e. The van der Waals surface area contributed by atoms with Crippen molar-refractivity contribution in [3.63, 3.8) is 0 Å². The van der Waals surface area contributed by atoms with Gasteiger partial charge in [0.15, 0.2) is 0 Å². The minimum atomic E-state index is 0.156. The van der Waals surface area contributed by atoms with Crippen LogP contribution in [0.1, 0.15) is 39.8 Å². The van der Waals surface area contributed by atoms with Crippen LogP contribution in [-0.4, -0.2) is 48.2 Å². The Morgan fingerprint density at radius 2 is 0.897 bits per heavy atom. The predicted molar refractivity (Wildman–Crippen MR) is 163 cm³/mol. The number of rotatable bonds is 10. The minimum absolute atomic E-state index is 0.156. The molecule has 39 heavy (non-hydrogen) atoms. The van der Waals surface area contributed by atoms with Gasteiger partial charge in [-0.1, -0.05) is 36.4 Å². The van der Waals surface area contributed by atoms with Gasteiger partial charge in [-0.05, 0) is 79.9 Å². The van der Waals surface area contributed by atoms with Crippen molar-refractivity contribution >= 4 is 36.2 Å². The Hall–Kier alpha value is -4.84. The molecule has 4 rings (SSSR count). The highest BCUT2D eigenvalue weighted by Gasteiger charge is 2.07. The molecule has 0 amide bonds. The molecule has 0 bridgehead atoms. The van der Waals surface area contributed by atoms with Crippen LogP contribution in [0, 0.1) is 13.8 Å². The van der Waals surface area contributed by atoms with Crippen LogP contribution >= 0.6 is 0 Å². The van der Waals surface area contributed by atoms with Gasteiger partial charge >= 0.3 is 0 Å². The summed E-state index contributed by atoms with van der Waals surface area (Å²) in [6.45, 7) is 5.08. The van der Waals surface area contributed by atoms with Crippen LogP contribution in [0.3, 0.4) is 0 Å². The monoisotopic (exact) mass is 516 g/mol. The second-order valence-electron chi connectivity index (χ2n) is 9.20. The van der Waals surface area contributed by atoms with Gasteiger partial charge in [0.05, 0.1) is 11.4 Å². The molecular weight excluding hydrogens is 484 g/mol. The Labute approximate surface area is 229 Å². The van der Waals surface area contributed by atoms with Crippen molar-refractivity contribution < 1.29 is 10.2 Å². The van der Waals surface area contributed by atoms with Crippen LogP contribution < -0.4 is 0 Å². The van der Waals surface area contributed by atoms with E-state index in [1.54, 1.807) is 24.9 Å². The van der Waals surface area contributed by atoms with Gasteiger partial charge in [0.1, 0.15) is 11.5 Å². The standard InChI is InChI=1S/C33H32N4O2/c1-24-16-26(32(38)28(18-24)22-36-30-10-5-3-6-11-30)20-34-14-9-15-35-21-27-17-25(2)19-29(33(27)39)23-37-31-12-7-4-8-13-31/h3-8,10-13,16-23,38-39H,9,14-15H2,1-2H3. The molecule has 0 aliphatic rings. The Kier molecular flexibility index (Phi) is 9.51. The molecule has 0 aromatic heterocycles. The second-order valence-corrected chi connectivity index (χ2v) is 9.20. The molecule has 6 heteroatoms. The lowest BCUT2D eigenvalue weighted by Gasteiger charge is -2.06. The number of aromatic hydroxyl groups is 2. The average molecular weight is 517 g/mol. The molecule has 0 unspecified atom stereocenters. The van der Waals surface area contributed by atoms with Gasteiger partial charge in [0.2, 0.25) is 0 Å². The van der Waals surface area contributed by atoms with E-state index in [4.69, 9.17) is 0 Å². The molecule has 0 atom stereocenters. The topological polar surface area (TPSA) is 89.9 Å². The number of nitrogens with zero attached hydrogens (tertiary/aromatic N) is 4. The molecule has 0 spiro atoms. The maximum Gasteiger partial charge on any atom is 0.133 e. The lowest BCUT2D eigenvalue weighted by Crippen LogP contribution is -1.94. The highest BCUT2D eigenvalue weighted by Crippen LogP contribution is 2.24. The fourth-order valence-corrected chi connectivity index (χ4v) is 3.96. The van der Waals surface area contributed by atoms with Crippen LogP contribution in [-0.2, 0) is 0 Å². The number of aryl methyl sites for hydroxylation is 2. The third kappa shape index (κ3) is 8.07. The van der Waals surface area contributed by atoms with Gasteiger partial charge in [-0.3, -0.25) is 20.0 Å². The molecule has 4 aromatic carbocycles. The number of hydrogen-bond acceptors (Lipinski definition) is 6. The summed E-state index contributed by atoms with van der Waals surface area (Å²) >= 11 is 0. The number of benzene rings is 4. The summed E-state index contributed by atoms with van der Waals surface area (Å²) in [5.41, 5.74) is 6.28. The van der Waals surface area contributed by atoms with Gasteiger partial charge < -0.3 is 10.2 Å². The van der Waals surface area contributed by atoms with Crippen LogP contribution in [0.4, 0.5) is 11.4 Å². The number of phenols is 2.